The van der Waals surface area contributed by atoms with Crippen molar-refractivity contribution in [3.63, 3.8) is 0 Å². The zero-order chi connectivity index (χ0) is 19.4. The Morgan fingerprint density at radius 1 is 1.11 bits per heavy atom. The molecule has 2 aliphatic rings. The molecule has 2 fully saturated rings. The fourth-order valence-corrected chi connectivity index (χ4v) is 4.49. The Bertz CT molecular complexity index is 701. The highest BCUT2D eigenvalue weighted by atomic mass is 35.5. The average molecular weight is 408 g/mol. The number of benzene rings is 1. The van der Waals surface area contributed by atoms with Gasteiger partial charge >= 0.3 is 0 Å². The van der Waals surface area contributed by atoms with Crippen LogP contribution in [0.25, 0.3) is 0 Å². The minimum atomic E-state index is -0.495. The van der Waals surface area contributed by atoms with E-state index in [9.17, 15) is 9.59 Å². The van der Waals surface area contributed by atoms with Gasteiger partial charge in [0.15, 0.2) is 0 Å². The minimum absolute atomic E-state index is 0. The molecule has 2 unspecified atom stereocenters. The van der Waals surface area contributed by atoms with Crippen molar-refractivity contribution in [1.82, 2.24) is 5.32 Å². The predicted molar refractivity (Wildman–Crippen MR) is 116 cm³/mol. The van der Waals surface area contributed by atoms with Crippen molar-refractivity contribution < 1.29 is 9.59 Å². The van der Waals surface area contributed by atoms with Gasteiger partial charge in [-0.2, -0.15) is 0 Å². The molecule has 0 aromatic heterocycles. The molecule has 156 valence electrons. The molecule has 0 bridgehead atoms. The standard InChI is InChI=1S/C22H33N3O2.ClH/c1-15-8-9-19(12-16(15)2)25-21(27)22(10-3-4-11-22)14-24-20(26)17-6-5-7-18(23)13-17;/h8-9,12,17-18H,3-7,10-11,13-14,23H2,1-2H3,(H,24,26)(H,25,27);1H. The van der Waals surface area contributed by atoms with E-state index >= 15 is 0 Å². The van der Waals surface area contributed by atoms with E-state index in [0.717, 1.165) is 62.6 Å². The molecular weight excluding hydrogens is 374 g/mol. The normalized spacial score (nSPS) is 23.5. The average Bonchev–Trinajstić information content (AvgIpc) is 3.13. The van der Waals surface area contributed by atoms with Crippen molar-refractivity contribution in [2.24, 2.45) is 17.1 Å². The van der Waals surface area contributed by atoms with Crippen LogP contribution in [0.15, 0.2) is 18.2 Å². The number of carbonyl (C=O) groups excluding carboxylic acids is 2. The summed E-state index contributed by atoms with van der Waals surface area (Å²) in [6, 6.07) is 6.12. The summed E-state index contributed by atoms with van der Waals surface area (Å²) in [5.74, 6) is 0.0920. The molecule has 2 saturated carbocycles. The monoisotopic (exact) mass is 407 g/mol. The summed E-state index contributed by atoms with van der Waals surface area (Å²) in [7, 11) is 0. The molecule has 1 aromatic carbocycles. The molecule has 2 aliphatic carbocycles. The van der Waals surface area contributed by atoms with Crippen LogP contribution < -0.4 is 16.4 Å². The van der Waals surface area contributed by atoms with Crippen molar-refractivity contribution in [3.05, 3.63) is 29.3 Å². The fraction of sp³-hybridized carbons (Fsp3) is 0.636. The minimum Gasteiger partial charge on any atom is -0.355 e. The van der Waals surface area contributed by atoms with E-state index in [-0.39, 0.29) is 36.2 Å². The van der Waals surface area contributed by atoms with Gasteiger partial charge in [0, 0.05) is 24.2 Å². The lowest BCUT2D eigenvalue weighted by atomic mass is 9.83. The van der Waals surface area contributed by atoms with Crippen LogP contribution in [-0.4, -0.2) is 24.4 Å². The quantitative estimate of drug-likeness (QED) is 0.692. The van der Waals surface area contributed by atoms with Gasteiger partial charge < -0.3 is 16.4 Å². The first-order valence-electron chi connectivity index (χ1n) is 10.3. The number of aryl methyl sites for hydroxylation is 2. The van der Waals surface area contributed by atoms with Crippen LogP contribution in [0.5, 0.6) is 0 Å². The van der Waals surface area contributed by atoms with E-state index in [2.05, 4.69) is 17.6 Å². The van der Waals surface area contributed by atoms with Gasteiger partial charge in [0.1, 0.15) is 0 Å². The summed E-state index contributed by atoms with van der Waals surface area (Å²) in [6.07, 6.45) is 7.40. The number of hydrogen-bond acceptors (Lipinski definition) is 3. The Morgan fingerprint density at radius 2 is 1.82 bits per heavy atom. The number of nitrogens with one attached hydrogen (secondary N) is 2. The largest absolute Gasteiger partial charge is 0.355 e. The van der Waals surface area contributed by atoms with Gasteiger partial charge in [0.2, 0.25) is 11.8 Å². The van der Waals surface area contributed by atoms with Crippen LogP contribution in [0, 0.1) is 25.2 Å². The second kappa shape index (κ2) is 9.75. The van der Waals surface area contributed by atoms with Crippen molar-refractivity contribution in [2.45, 2.75) is 71.3 Å². The van der Waals surface area contributed by atoms with Crippen molar-refractivity contribution in [3.8, 4) is 0 Å². The summed E-state index contributed by atoms with van der Waals surface area (Å²) in [4.78, 5) is 25.7. The van der Waals surface area contributed by atoms with Gasteiger partial charge in [0.05, 0.1) is 5.41 Å². The number of amides is 2. The molecule has 0 aliphatic heterocycles. The lowest BCUT2D eigenvalue weighted by Crippen LogP contribution is -2.46. The van der Waals surface area contributed by atoms with Crippen LogP contribution in [0.2, 0.25) is 0 Å². The zero-order valence-corrected chi connectivity index (χ0v) is 17.9. The van der Waals surface area contributed by atoms with Gasteiger partial charge in [-0.25, -0.2) is 0 Å². The molecule has 6 heteroatoms. The van der Waals surface area contributed by atoms with Crippen molar-refractivity contribution in [2.75, 3.05) is 11.9 Å². The molecule has 5 nitrogen and oxygen atoms in total. The summed E-state index contributed by atoms with van der Waals surface area (Å²) in [6.45, 7) is 4.53. The molecule has 0 spiro atoms. The number of hydrogen-bond donors (Lipinski definition) is 3. The summed E-state index contributed by atoms with van der Waals surface area (Å²) in [5.41, 5.74) is 8.73. The SMILES string of the molecule is Cc1ccc(NC(=O)C2(CNC(=O)C3CCCC(N)C3)CCCC2)cc1C.Cl. The highest BCUT2D eigenvalue weighted by Gasteiger charge is 2.42. The highest BCUT2D eigenvalue weighted by Crippen LogP contribution is 2.39. The summed E-state index contributed by atoms with van der Waals surface area (Å²) in [5, 5.41) is 6.18. The molecule has 2 atom stereocenters. The Balaban J connectivity index is 0.00000280. The number of anilines is 1. The Labute approximate surface area is 174 Å². The van der Waals surface area contributed by atoms with Crippen LogP contribution in [0.4, 0.5) is 5.69 Å². The Kier molecular flexibility index (Phi) is 7.90. The molecular formula is C22H34ClN3O2. The summed E-state index contributed by atoms with van der Waals surface area (Å²) >= 11 is 0. The first kappa shape index (κ1) is 22.7. The lowest BCUT2D eigenvalue weighted by Gasteiger charge is -2.30. The second-order valence-electron chi connectivity index (χ2n) is 8.58. The third kappa shape index (κ3) is 5.26. The first-order chi connectivity index (χ1) is 12.9. The van der Waals surface area contributed by atoms with Crippen LogP contribution in [-0.2, 0) is 9.59 Å². The number of nitrogens with two attached hydrogens (primary N) is 1. The molecule has 0 saturated heterocycles. The maximum Gasteiger partial charge on any atom is 0.232 e. The molecule has 0 heterocycles. The number of carbonyl (C=O) groups is 2. The molecule has 2 amide bonds. The molecule has 1 aromatic rings. The molecule has 3 rings (SSSR count). The van der Waals surface area contributed by atoms with E-state index in [1.807, 2.05) is 25.1 Å². The first-order valence-corrected chi connectivity index (χ1v) is 10.3. The van der Waals surface area contributed by atoms with Crippen molar-refractivity contribution >= 4 is 29.9 Å². The number of halogens is 1. The van der Waals surface area contributed by atoms with E-state index in [0.29, 0.717) is 6.54 Å². The van der Waals surface area contributed by atoms with E-state index in [1.165, 1.54) is 5.56 Å². The fourth-order valence-electron chi connectivity index (χ4n) is 4.49. The smallest absolute Gasteiger partial charge is 0.232 e. The molecule has 28 heavy (non-hydrogen) atoms. The second-order valence-corrected chi connectivity index (χ2v) is 8.58. The van der Waals surface area contributed by atoms with Crippen LogP contribution in [0.1, 0.15) is 62.5 Å². The molecule has 4 N–H and O–H groups in total. The van der Waals surface area contributed by atoms with Gasteiger partial charge in [-0.05, 0) is 69.2 Å². The van der Waals surface area contributed by atoms with Crippen LogP contribution >= 0.6 is 12.4 Å². The maximum atomic E-state index is 13.1. The van der Waals surface area contributed by atoms with Gasteiger partial charge in [-0.1, -0.05) is 25.3 Å². The van der Waals surface area contributed by atoms with E-state index < -0.39 is 5.41 Å². The third-order valence-electron chi connectivity index (χ3n) is 6.49. The number of rotatable bonds is 5. The Morgan fingerprint density at radius 3 is 2.46 bits per heavy atom. The van der Waals surface area contributed by atoms with E-state index in [4.69, 9.17) is 5.73 Å². The Hall–Kier alpha value is -1.59. The van der Waals surface area contributed by atoms with Gasteiger partial charge in [-0.15, -0.1) is 12.4 Å². The highest BCUT2D eigenvalue weighted by molar-refractivity contribution is 5.96. The van der Waals surface area contributed by atoms with E-state index in [1.54, 1.807) is 0 Å². The maximum absolute atomic E-state index is 13.1. The predicted octanol–water partition coefficient (Wildman–Crippen LogP) is 3.86. The van der Waals surface area contributed by atoms with Gasteiger partial charge in [0.25, 0.3) is 0 Å². The third-order valence-corrected chi connectivity index (χ3v) is 6.49. The zero-order valence-electron chi connectivity index (χ0n) is 17.1. The van der Waals surface area contributed by atoms with Crippen LogP contribution in [0.3, 0.4) is 0 Å². The van der Waals surface area contributed by atoms with Gasteiger partial charge in [-0.3, -0.25) is 9.59 Å². The lowest BCUT2D eigenvalue weighted by molar-refractivity contribution is -0.129. The summed E-state index contributed by atoms with van der Waals surface area (Å²) < 4.78 is 0. The van der Waals surface area contributed by atoms with Crippen molar-refractivity contribution in [1.29, 1.82) is 0 Å². The topological polar surface area (TPSA) is 84.2 Å². The molecule has 0 radical (unpaired) electrons.